The van der Waals surface area contributed by atoms with Crippen molar-refractivity contribution in [2.75, 3.05) is 31.1 Å². The van der Waals surface area contributed by atoms with E-state index in [2.05, 4.69) is 25.2 Å². The maximum Gasteiger partial charge on any atom is 0.246 e. The normalized spacial score (nSPS) is 14.9. The van der Waals surface area contributed by atoms with Crippen molar-refractivity contribution in [3.63, 3.8) is 0 Å². The molecule has 1 aliphatic rings. The number of piperazine rings is 1. The van der Waals surface area contributed by atoms with Crippen LogP contribution in [-0.2, 0) is 4.79 Å². The Bertz CT molecular complexity index is 866. The zero-order chi connectivity index (χ0) is 17.8. The lowest BCUT2D eigenvalue weighted by Gasteiger charge is -2.34. The zero-order valence-electron chi connectivity index (χ0n) is 14.0. The lowest BCUT2D eigenvalue weighted by atomic mass is 10.3. The van der Waals surface area contributed by atoms with Crippen LogP contribution in [0.25, 0.3) is 11.9 Å². The summed E-state index contributed by atoms with van der Waals surface area (Å²) in [6.45, 7) is 2.80. The molecule has 1 aliphatic heterocycles. The first kappa shape index (κ1) is 16.4. The van der Waals surface area contributed by atoms with Gasteiger partial charge in [-0.1, -0.05) is 6.07 Å². The van der Waals surface area contributed by atoms with Gasteiger partial charge in [0.25, 0.3) is 0 Å². The first-order valence-corrected chi connectivity index (χ1v) is 9.12. The highest BCUT2D eigenvalue weighted by molar-refractivity contribution is 7.10. The average Bonchev–Trinajstić information content (AvgIpc) is 3.40. The minimum absolute atomic E-state index is 0.0469. The van der Waals surface area contributed by atoms with E-state index >= 15 is 0 Å². The first-order valence-electron chi connectivity index (χ1n) is 8.24. The van der Waals surface area contributed by atoms with Gasteiger partial charge >= 0.3 is 0 Å². The van der Waals surface area contributed by atoms with Crippen LogP contribution in [0.5, 0.6) is 0 Å². The quantitative estimate of drug-likeness (QED) is 0.650. The summed E-state index contributed by atoms with van der Waals surface area (Å²) < 4.78 is 1.56. The maximum absolute atomic E-state index is 12.3. The Morgan fingerprint density at radius 3 is 2.54 bits per heavy atom. The third-order valence-corrected chi connectivity index (χ3v) is 4.98. The molecule has 9 heteroatoms. The van der Waals surface area contributed by atoms with Gasteiger partial charge < -0.3 is 9.80 Å². The van der Waals surface area contributed by atoms with Gasteiger partial charge in [-0.3, -0.25) is 4.79 Å². The number of carbonyl (C=O) groups excluding carboxylic acids is 1. The molecule has 3 aromatic rings. The molecule has 26 heavy (non-hydrogen) atoms. The number of rotatable bonds is 4. The van der Waals surface area contributed by atoms with Gasteiger partial charge in [0.2, 0.25) is 5.91 Å². The van der Waals surface area contributed by atoms with Crippen LogP contribution in [0.3, 0.4) is 0 Å². The predicted octanol–water partition coefficient (Wildman–Crippen LogP) is 1.48. The van der Waals surface area contributed by atoms with Crippen LogP contribution in [0, 0.1) is 0 Å². The summed E-state index contributed by atoms with van der Waals surface area (Å²) in [7, 11) is 0. The van der Waals surface area contributed by atoms with Gasteiger partial charge in [0.1, 0.15) is 12.7 Å². The summed E-state index contributed by atoms with van der Waals surface area (Å²) in [5.74, 6) is 1.47. The molecule has 1 fully saturated rings. The Kier molecular flexibility index (Phi) is 4.69. The van der Waals surface area contributed by atoms with E-state index in [1.54, 1.807) is 28.4 Å². The minimum Gasteiger partial charge on any atom is -0.352 e. The molecule has 4 heterocycles. The monoisotopic (exact) mass is 367 g/mol. The number of aromatic nitrogens is 5. The largest absolute Gasteiger partial charge is 0.352 e. The second-order valence-corrected chi connectivity index (χ2v) is 6.73. The van der Waals surface area contributed by atoms with E-state index in [9.17, 15) is 4.79 Å². The molecule has 1 amide bonds. The molecule has 0 aromatic carbocycles. The molecular formula is C17H17N7OS. The zero-order valence-corrected chi connectivity index (χ0v) is 14.8. The fraction of sp³-hybridized carbons (Fsp3) is 0.235. The molecule has 8 nitrogen and oxygen atoms in total. The number of amides is 1. The van der Waals surface area contributed by atoms with Crippen molar-refractivity contribution in [3.8, 4) is 5.82 Å². The van der Waals surface area contributed by atoms with Crippen LogP contribution in [0.2, 0.25) is 0 Å². The van der Waals surface area contributed by atoms with Crippen LogP contribution in [0.15, 0.2) is 48.4 Å². The van der Waals surface area contributed by atoms with Gasteiger partial charge in [0, 0.05) is 37.1 Å². The molecule has 1 saturated heterocycles. The fourth-order valence-corrected chi connectivity index (χ4v) is 3.35. The van der Waals surface area contributed by atoms with Gasteiger partial charge in [-0.05, 0) is 29.7 Å². The summed E-state index contributed by atoms with van der Waals surface area (Å²) in [6.07, 6.45) is 6.55. The van der Waals surface area contributed by atoms with E-state index in [4.69, 9.17) is 0 Å². The second-order valence-electron chi connectivity index (χ2n) is 5.75. The molecule has 0 N–H and O–H groups in total. The van der Waals surface area contributed by atoms with Crippen LogP contribution in [0.4, 0.5) is 5.82 Å². The third-order valence-electron chi connectivity index (χ3n) is 4.14. The summed E-state index contributed by atoms with van der Waals surface area (Å²) in [6, 6.07) is 7.74. The second kappa shape index (κ2) is 7.44. The summed E-state index contributed by atoms with van der Waals surface area (Å²) in [5.41, 5.74) is 0. The van der Waals surface area contributed by atoms with E-state index in [0.29, 0.717) is 18.9 Å². The van der Waals surface area contributed by atoms with E-state index < -0.39 is 0 Å². The molecule has 132 valence electrons. The highest BCUT2D eigenvalue weighted by Crippen LogP contribution is 2.15. The van der Waals surface area contributed by atoms with Crippen LogP contribution < -0.4 is 4.90 Å². The summed E-state index contributed by atoms with van der Waals surface area (Å²) >= 11 is 1.62. The molecule has 0 saturated carbocycles. The molecule has 0 atom stereocenters. The number of thiophene rings is 1. The standard InChI is InChI=1S/C17H17N7OS/c25-17(6-3-14-2-1-11-26-14)23-9-7-22(8-10-23)15-4-5-16(21-20-15)24-13-18-12-19-24/h1-6,11-13H,7-10H2. The van der Waals surface area contributed by atoms with Crippen LogP contribution in [0.1, 0.15) is 4.88 Å². The Morgan fingerprint density at radius 1 is 1.08 bits per heavy atom. The Balaban J connectivity index is 1.34. The van der Waals surface area contributed by atoms with Crippen molar-refractivity contribution in [1.29, 1.82) is 0 Å². The number of carbonyl (C=O) groups is 1. The van der Waals surface area contributed by atoms with E-state index in [0.717, 1.165) is 23.8 Å². The van der Waals surface area contributed by atoms with Gasteiger partial charge in [0.15, 0.2) is 11.6 Å². The van der Waals surface area contributed by atoms with Gasteiger partial charge in [-0.15, -0.1) is 21.5 Å². The van der Waals surface area contributed by atoms with Gasteiger partial charge in [0.05, 0.1) is 0 Å². The molecule has 0 aliphatic carbocycles. The van der Waals surface area contributed by atoms with Crippen molar-refractivity contribution in [1.82, 2.24) is 29.9 Å². The van der Waals surface area contributed by atoms with Gasteiger partial charge in [-0.25, -0.2) is 9.67 Å². The Morgan fingerprint density at radius 2 is 1.88 bits per heavy atom. The number of anilines is 1. The Labute approximate surface area is 154 Å². The van der Waals surface area contributed by atoms with Crippen molar-refractivity contribution in [3.05, 3.63) is 53.3 Å². The first-order chi connectivity index (χ1) is 12.8. The molecule has 0 radical (unpaired) electrons. The number of hydrogen-bond acceptors (Lipinski definition) is 7. The third kappa shape index (κ3) is 3.62. The summed E-state index contributed by atoms with van der Waals surface area (Å²) in [4.78, 5) is 21.3. The van der Waals surface area contributed by atoms with Crippen molar-refractivity contribution < 1.29 is 4.79 Å². The minimum atomic E-state index is 0.0469. The molecular weight excluding hydrogens is 350 g/mol. The van der Waals surface area contributed by atoms with Crippen LogP contribution >= 0.6 is 11.3 Å². The van der Waals surface area contributed by atoms with Crippen LogP contribution in [-0.4, -0.2) is 61.9 Å². The molecule has 3 aromatic heterocycles. The summed E-state index contributed by atoms with van der Waals surface area (Å²) in [5, 5.41) is 14.5. The maximum atomic E-state index is 12.3. The Hall–Kier alpha value is -3.07. The topological polar surface area (TPSA) is 80.0 Å². The van der Waals surface area contributed by atoms with Crippen molar-refractivity contribution >= 4 is 29.1 Å². The molecule has 0 bridgehead atoms. The predicted molar refractivity (Wildman–Crippen MR) is 99.1 cm³/mol. The van der Waals surface area contributed by atoms with Gasteiger partial charge in [-0.2, -0.15) is 5.10 Å². The highest BCUT2D eigenvalue weighted by Gasteiger charge is 2.20. The number of nitrogens with zero attached hydrogens (tertiary/aromatic N) is 7. The lowest BCUT2D eigenvalue weighted by molar-refractivity contribution is -0.126. The van der Waals surface area contributed by atoms with E-state index in [1.165, 1.54) is 6.33 Å². The van der Waals surface area contributed by atoms with E-state index in [1.807, 2.05) is 40.6 Å². The fourth-order valence-electron chi connectivity index (χ4n) is 2.74. The number of hydrogen-bond donors (Lipinski definition) is 0. The smallest absolute Gasteiger partial charge is 0.246 e. The lowest BCUT2D eigenvalue weighted by Crippen LogP contribution is -2.48. The van der Waals surface area contributed by atoms with E-state index in [-0.39, 0.29) is 5.91 Å². The van der Waals surface area contributed by atoms with Crippen molar-refractivity contribution in [2.45, 2.75) is 0 Å². The average molecular weight is 367 g/mol. The molecule has 4 rings (SSSR count). The van der Waals surface area contributed by atoms with Crippen molar-refractivity contribution in [2.24, 2.45) is 0 Å². The SMILES string of the molecule is O=C(C=Cc1cccs1)N1CCN(c2ccc(-n3cncn3)nn2)CC1. The highest BCUT2D eigenvalue weighted by atomic mass is 32.1. The molecule has 0 unspecified atom stereocenters. The molecule has 0 spiro atoms.